The predicted molar refractivity (Wildman–Crippen MR) is 275 cm³/mol. The zero-order valence-corrected chi connectivity index (χ0v) is 42.9. The van der Waals surface area contributed by atoms with E-state index in [1.807, 2.05) is 0 Å². The van der Waals surface area contributed by atoms with Gasteiger partial charge in [0.2, 0.25) is 0 Å². The van der Waals surface area contributed by atoms with Crippen molar-refractivity contribution in [1.82, 2.24) is 0 Å². The molecular formula is C55H100NO8P. The van der Waals surface area contributed by atoms with Crippen LogP contribution in [0.4, 0.5) is 0 Å². The second-order valence-corrected chi connectivity index (χ2v) is 19.2. The SMILES string of the molecule is CC/C=C\C/C=C\C/C=C\C/C=C\CCCCCCCCCCCCCCC(=O)OC(COC(=O)CCCCCCCCCCC/C=C\CCCCCCCC)COP(=O)(O)OCCN. The molecule has 0 radical (unpaired) electrons. The van der Waals surface area contributed by atoms with E-state index in [1.165, 1.54) is 148 Å². The first-order valence-corrected chi connectivity index (χ1v) is 28.3. The lowest BCUT2D eigenvalue weighted by Crippen LogP contribution is -2.29. The van der Waals surface area contributed by atoms with Crippen LogP contribution < -0.4 is 5.73 Å². The highest BCUT2D eigenvalue weighted by atomic mass is 31.2. The fourth-order valence-electron chi connectivity index (χ4n) is 7.45. The third-order valence-electron chi connectivity index (χ3n) is 11.4. The van der Waals surface area contributed by atoms with Gasteiger partial charge >= 0.3 is 19.8 Å². The fourth-order valence-corrected chi connectivity index (χ4v) is 8.21. The Labute approximate surface area is 399 Å². The topological polar surface area (TPSA) is 134 Å². The van der Waals surface area contributed by atoms with Gasteiger partial charge in [-0.2, -0.15) is 0 Å². The van der Waals surface area contributed by atoms with E-state index < -0.39 is 26.5 Å². The highest BCUT2D eigenvalue weighted by Crippen LogP contribution is 2.43. The molecule has 2 atom stereocenters. The number of carbonyl (C=O) groups excluding carboxylic acids is 2. The molecule has 0 aliphatic rings. The van der Waals surface area contributed by atoms with Gasteiger partial charge in [-0.3, -0.25) is 18.6 Å². The number of allylic oxidation sites excluding steroid dienone is 10. The Hall–Kier alpha value is -2.29. The molecule has 10 heteroatoms. The number of esters is 2. The van der Waals surface area contributed by atoms with Crippen molar-refractivity contribution in [2.75, 3.05) is 26.4 Å². The lowest BCUT2D eigenvalue weighted by Gasteiger charge is -2.19. The number of unbranched alkanes of at least 4 members (excludes halogenated alkanes) is 27. The Balaban J connectivity index is 4.01. The first-order valence-electron chi connectivity index (χ1n) is 26.8. The molecule has 65 heavy (non-hydrogen) atoms. The third kappa shape index (κ3) is 51.0. The summed E-state index contributed by atoms with van der Waals surface area (Å²) in [6.45, 7) is 3.64. The Morgan fingerprint density at radius 2 is 0.846 bits per heavy atom. The fraction of sp³-hybridized carbons (Fsp3) is 0.782. The summed E-state index contributed by atoms with van der Waals surface area (Å²) in [5.74, 6) is -0.827. The highest BCUT2D eigenvalue weighted by Gasteiger charge is 2.26. The van der Waals surface area contributed by atoms with E-state index in [4.69, 9.17) is 24.3 Å². The number of hydrogen-bond acceptors (Lipinski definition) is 8. The smallest absolute Gasteiger partial charge is 0.462 e. The molecule has 0 aromatic heterocycles. The molecule has 0 fully saturated rings. The van der Waals surface area contributed by atoms with Gasteiger partial charge in [0.1, 0.15) is 6.61 Å². The average molecular weight is 934 g/mol. The summed E-state index contributed by atoms with van der Waals surface area (Å²) in [6.07, 6.45) is 62.6. The summed E-state index contributed by atoms with van der Waals surface area (Å²) in [6, 6.07) is 0. The van der Waals surface area contributed by atoms with E-state index in [9.17, 15) is 19.0 Å². The van der Waals surface area contributed by atoms with Crippen molar-refractivity contribution in [1.29, 1.82) is 0 Å². The van der Waals surface area contributed by atoms with E-state index in [-0.39, 0.29) is 38.6 Å². The normalized spacial score (nSPS) is 13.6. The van der Waals surface area contributed by atoms with Crippen molar-refractivity contribution < 1.29 is 37.6 Å². The van der Waals surface area contributed by atoms with E-state index in [2.05, 4.69) is 74.6 Å². The molecule has 0 spiro atoms. The van der Waals surface area contributed by atoms with Crippen LogP contribution in [0.1, 0.15) is 245 Å². The number of ether oxygens (including phenoxy) is 2. The summed E-state index contributed by atoms with van der Waals surface area (Å²) in [4.78, 5) is 35.1. The minimum absolute atomic E-state index is 0.0516. The summed E-state index contributed by atoms with van der Waals surface area (Å²) in [5, 5.41) is 0. The van der Waals surface area contributed by atoms with Crippen LogP contribution in [0.15, 0.2) is 60.8 Å². The van der Waals surface area contributed by atoms with Crippen LogP contribution in [0.2, 0.25) is 0 Å². The maximum Gasteiger partial charge on any atom is 0.472 e. The molecule has 2 unspecified atom stereocenters. The minimum Gasteiger partial charge on any atom is -0.462 e. The van der Waals surface area contributed by atoms with E-state index >= 15 is 0 Å². The molecule has 0 bridgehead atoms. The molecule has 9 nitrogen and oxygen atoms in total. The first-order chi connectivity index (χ1) is 31.8. The van der Waals surface area contributed by atoms with Gasteiger partial charge in [-0.05, 0) is 77.0 Å². The highest BCUT2D eigenvalue weighted by molar-refractivity contribution is 7.47. The van der Waals surface area contributed by atoms with Crippen molar-refractivity contribution >= 4 is 19.8 Å². The Bertz CT molecular complexity index is 1250. The van der Waals surface area contributed by atoms with Crippen LogP contribution in [0.5, 0.6) is 0 Å². The summed E-state index contributed by atoms with van der Waals surface area (Å²) >= 11 is 0. The lowest BCUT2D eigenvalue weighted by molar-refractivity contribution is -0.161. The zero-order valence-electron chi connectivity index (χ0n) is 42.0. The number of nitrogens with two attached hydrogens (primary N) is 1. The number of hydrogen-bond donors (Lipinski definition) is 2. The Morgan fingerprint density at radius 1 is 0.477 bits per heavy atom. The maximum atomic E-state index is 12.7. The molecule has 378 valence electrons. The van der Waals surface area contributed by atoms with Gasteiger partial charge in [-0.15, -0.1) is 0 Å². The van der Waals surface area contributed by atoms with Crippen LogP contribution in [0.3, 0.4) is 0 Å². The summed E-state index contributed by atoms with van der Waals surface area (Å²) in [7, 11) is -4.39. The van der Waals surface area contributed by atoms with Gasteiger partial charge in [0.15, 0.2) is 6.10 Å². The second kappa shape index (κ2) is 51.1. The van der Waals surface area contributed by atoms with Gasteiger partial charge in [0.05, 0.1) is 13.2 Å². The van der Waals surface area contributed by atoms with Crippen molar-refractivity contribution in [2.24, 2.45) is 5.73 Å². The summed E-state index contributed by atoms with van der Waals surface area (Å²) < 4.78 is 33.0. The van der Waals surface area contributed by atoms with Crippen molar-refractivity contribution in [3.05, 3.63) is 60.8 Å². The Kier molecular flexibility index (Phi) is 49.3. The third-order valence-corrected chi connectivity index (χ3v) is 12.4. The lowest BCUT2D eigenvalue weighted by atomic mass is 10.0. The Morgan fingerprint density at radius 3 is 1.28 bits per heavy atom. The number of carbonyl (C=O) groups is 2. The van der Waals surface area contributed by atoms with Crippen LogP contribution in [-0.4, -0.2) is 49.3 Å². The molecular weight excluding hydrogens is 834 g/mol. The number of phosphoric acid groups is 1. The monoisotopic (exact) mass is 934 g/mol. The molecule has 0 rings (SSSR count). The molecule has 0 amide bonds. The molecule has 0 saturated carbocycles. The average Bonchev–Trinajstić information content (AvgIpc) is 3.30. The van der Waals surface area contributed by atoms with Crippen LogP contribution >= 0.6 is 7.82 Å². The van der Waals surface area contributed by atoms with Crippen molar-refractivity contribution in [3.8, 4) is 0 Å². The van der Waals surface area contributed by atoms with Gasteiger partial charge in [-0.1, -0.05) is 216 Å². The molecule has 0 aromatic rings. The molecule has 3 N–H and O–H groups in total. The molecule has 0 heterocycles. The van der Waals surface area contributed by atoms with Crippen molar-refractivity contribution in [2.45, 2.75) is 251 Å². The van der Waals surface area contributed by atoms with Crippen LogP contribution in [0, 0.1) is 0 Å². The first kappa shape index (κ1) is 62.7. The van der Waals surface area contributed by atoms with Gasteiger partial charge in [0.25, 0.3) is 0 Å². The molecule has 0 aliphatic heterocycles. The van der Waals surface area contributed by atoms with E-state index in [0.717, 1.165) is 64.2 Å². The van der Waals surface area contributed by atoms with Crippen molar-refractivity contribution in [3.63, 3.8) is 0 Å². The second-order valence-electron chi connectivity index (χ2n) is 17.7. The molecule has 0 saturated heterocycles. The quantitative estimate of drug-likeness (QED) is 0.0265. The van der Waals surface area contributed by atoms with E-state index in [1.54, 1.807) is 0 Å². The van der Waals surface area contributed by atoms with Crippen LogP contribution in [-0.2, 0) is 32.7 Å². The minimum atomic E-state index is -4.39. The zero-order chi connectivity index (χ0) is 47.4. The van der Waals surface area contributed by atoms with Gasteiger partial charge in [0, 0.05) is 19.4 Å². The number of rotatable bonds is 50. The molecule has 0 aromatic carbocycles. The van der Waals surface area contributed by atoms with Gasteiger partial charge < -0.3 is 20.1 Å². The van der Waals surface area contributed by atoms with Crippen LogP contribution in [0.25, 0.3) is 0 Å². The predicted octanol–water partition coefficient (Wildman–Crippen LogP) is 16.4. The largest absolute Gasteiger partial charge is 0.472 e. The maximum absolute atomic E-state index is 12.7. The van der Waals surface area contributed by atoms with Gasteiger partial charge in [-0.25, -0.2) is 4.57 Å². The van der Waals surface area contributed by atoms with E-state index in [0.29, 0.717) is 6.42 Å². The number of phosphoric ester groups is 1. The summed E-state index contributed by atoms with van der Waals surface area (Å²) in [5.41, 5.74) is 5.37. The standard InChI is InChI=1S/C55H100NO8P/c1-3-5-7-9-11-13-15-17-19-21-23-24-25-26-27-28-30-32-34-36-38-40-42-44-46-48-55(58)64-53(52-63-65(59,60)62-50-49-56)51-61-54(57)47-45-43-41-39-37-35-33-31-29-22-20-18-16-14-12-10-8-6-4-2/h5,7,11,13,17-20,23-24,53H,3-4,6,8-10,12,14-16,21-22,25-52,56H2,1-2H3,(H,59,60)/b7-5-,13-11-,19-17-,20-18-,24-23-. The molecule has 0 aliphatic carbocycles.